The number of hydrogen-bond donors (Lipinski definition) is 3. The van der Waals surface area contributed by atoms with Crippen LogP contribution in [0.1, 0.15) is 53.0 Å². The van der Waals surface area contributed by atoms with Gasteiger partial charge in [0.15, 0.2) is 5.96 Å². The summed E-state index contributed by atoms with van der Waals surface area (Å²) in [6.07, 6.45) is 1.41. The zero-order valence-electron chi connectivity index (χ0n) is 15.4. The second-order valence-corrected chi connectivity index (χ2v) is 6.57. The fraction of sp³-hybridized carbons (Fsp3) is 0.556. The van der Waals surface area contributed by atoms with Crippen molar-refractivity contribution in [2.75, 3.05) is 11.9 Å². The highest BCUT2D eigenvalue weighted by Gasteiger charge is 2.11. The van der Waals surface area contributed by atoms with Gasteiger partial charge in [-0.25, -0.2) is 4.99 Å². The highest BCUT2D eigenvalue weighted by Crippen LogP contribution is 2.11. The summed E-state index contributed by atoms with van der Waals surface area (Å²) < 4.78 is 0. The monoisotopic (exact) mass is 446 g/mol. The number of rotatable bonds is 6. The number of carbonyl (C=O) groups excluding carboxylic acids is 1. The number of amides is 1. The molecule has 0 unspecified atom stereocenters. The van der Waals surface area contributed by atoms with E-state index in [0.29, 0.717) is 13.0 Å². The fourth-order valence-electron chi connectivity index (χ4n) is 1.98. The van der Waals surface area contributed by atoms with Crippen molar-refractivity contribution >= 4 is 41.5 Å². The molecule has 0 spiro atoms. The van der Waals surface area contributed by atoms with Crippen molar-refractivity contribution in [1.82, 2.24) is 10.6 Å². The van der Waals surface area contributed by atoms with Gasteiger partial charge < -0.3 is 16.0 Å². The van der Waals surface area contributed by atoms with Crippen molar-refractivity contribution in [3.63, 3.8) is 0 Å². The summed E-state index contributed by atoms with van der Waals surface area (Å²) in [5.74, 6) is 0.863. The number of aliphatic imine (C=N–C) groups is 1. The van der Waals surface area contributed by atoms with E-state index in [0.717, 1.165) is 30.2 Å². The number of hydrogen-bond acceptors (Lipinski definition) is 2. The van der Waals surface area contributed by atoms with Crippen LogP contribution in [0.3, 0.4) is 0 Å². The Kier molecular flexibility index (Phi) is 10.7. The highest BCUT2D eigenvalue weighted by atomic mass is 127. The molecule has 0 saturated heterocycles. The van der Waals surface area contributed by atoms with E-state index in [1.807, 2.05) is 38.1 Å². The van der Waals surface area contributed by atoms with Gasteiger partial charge in [-0.3, -0.25) is 4.79 Å². The van der Waals surface area contributed by atoms with Gasteiger partial charge in [0.05, 0.1) is 6.54 Å². The van der Waals surface area contributed by atoms with Crippen molar-refractivity contribution in [2.24, 2.45) is 4.99 Å². The maximum Gasteiger partial charge on any atom is 0.224 e. The van der Waals surface area contributed by atoms with Crippen LogP contribution in [0.4, 0.5) is 5.69 Å². The lowest BCUT2D eigenvalue weighted by atomic mass is 10.1. The standard InChI is InChI=1S/C18H30N4O.HI/c1-6-8-16(23)21-15-11-9-14(10-12-15)13-20-17(19-7-2)22-18(3,4)5;/h9-12H,6-8,13H2,1-5H3,(H,21,23)(H2,19,20,22);1H. The van der Waals surface area contributed by atoms with Gasteiger partial charge in [-0.15, -0.1) is 24.0 Å². The average Bonchev–Trinajstić information content (AvgIpc) is 2.45. The molecule has 1 aromatic rings. The quantitative estimate of drug-likeness (QED) is 0.353. The molecule has 3 N–H and O–H groups in total. The Morgan fingerprint density at radius 2 is 1.75 bits per heavy atom. The lowest BCUT2D eigenvalue weighted by molar-refractivity contribution is -0.116. The smallest absolute Gasteiger partial charge is 0.224 e. The van der Waals surface area contributed by atoms with Crippen LogP contribution in [0.15, 0.2) is 29.3 Å². The molecular weight excluding hydrogens is 415 g/mol. The molecule has 0 atom stereocenters. The number of nitrogens with one attached hydrogen (secondary N) is 3. The lowest BCUT2D eigenvalue weighted by Crippen LogP contribution is -2.47. The zero-order valence-corrected chi connectivity index (χ0v) is 17.7. The molecule has 0 heterocycles. The number of guanidine groups is 1. The third-order valence-electron chi connectivity index (χ3n) is 2.97. The highest BCUT2D eigenvalue weighted by molar-refractivity contribution is 14.0. The predicted molar refractivity (Wildman–Crippen MR) is 113 cm³/mol. The molecule has 0 radical (unpaired) electrons. The van der Waals surface area contributed by atoms with Crippen LogP contribution < -0.4 is 16.0 Å². The topological polar surface area (TPSA) is 65.5 Å². The summed E-state index contributed by atoms with van der Waals surface area (Å²) in [6, 6.07) is 7.82. The van der Waals surface area contributed by atoms with Gasteiger partial charge in [-0.1, -0.05) is 19.1 Å². The molecule has 0 bridgehead atoms. The van der Waals surface area contributed by atoms with Crippen LogP contribution in [0, 0.1) is 0 Å². The average molecular weight is 446 g/mol. The minimum Gasteiger partial charge on any atom is -0.357 e. The van der Waals surface area contributed by atoms with Gasteiger partial charge in [0.1, 0.15) is 0 Å². The molecule has 0 aromatic heterocycles. The summed E-state index contributed by atoms with van der Waals surface area (Å²) in [6.45, 7) is 11.8. The predicted octanol–water partition coefficient (Wildman–Crippen LogP) is 3.90. The van der Waals surface area contributed by atoms with Crippen LogP contribution in [0.5, 0.6) is 0 Å². The van der Waals surface area contributed by atoms with Crippen molar-refractivity contribution < 1.29 is 4.79 Å². The minimum absolute atomic E-state index is 0. The van der Waals surface area contributed by atoms with E-state index in [1.54, 1.807) is 0 Å². The Bertz CT molecular complexity index is 521. The molecule has 1 amide bonds. The summed E-state index contributed by atoms with van der Waals surface area (Å²) in [5.41, 5.74) is 1.90. The van der Waals surface area contributed by atoms with E-state index in [2.05, 4.69) is 41.7 Å². The van der Waals surface area contributed by atoms with E-state index in [9.17, 15) is 4.79 Å². The second kappa shape index (κ2) is 11.3. The number of halogens is 1. The van der Waals surface area contributed by atoms with Crippen LogP contribution in [-0.2, 0) is 11.3 Å². The van der Waals surface area contributed by atoms with Crippen LogP contribution >= 0.6 is 24.0 Å². The Morgan fingerprint density at radius 1 is 1.12 bits per heavy atom. The van der Waals surface area contributed by atoms with Gasteiger partial charge in [0.25, 0.3) is 0 Å². The molecule has 6 heteroatoms. The molecule has 24 heavy (non-hydrogen) atoms. The van der Waals surface area contributed by atoms with Crippen molar-refractivity contribution in [3.05, 3.63) is 29.8 Å². The molecule has 0 aliphatic rings. The van der Waals surface area contributed by atoms with Crippen LogP contribution in [-0.4, -0.2) is 24.0 Å². The number of anilines is 1. The van der Waals surface area contributed by atoms with E-state index >= 15 is 0 Å². The van der Waals surface area contributed by atoms with Crippen molar-refractivity contribution in [1.29, 1.82) is 0 Å². The number of nitrogens with zero attached hydrogens (tertiary/aromatic N) is 1. The summed E-state index contributed by atoms with van der Waals surface area (Å²) >= 11 is 0. The van der Waals surface area contributed by atoms with Crippen molar-refractivity contribution in [3.8, 4) is 0 Å². The summed E-state index contributed by atoms with van der Waals surface area (Å²) in [4.78, 5) is 16.2. The molecule has 1 rings (SSSR count). The zero-order chi connectivity index (χ0) is 17.3. The maximum atomic E-state index is 11.6. The largest absolute Gasteiger partial charge is 0.357 e. The third kappa shape index (κ3) is 9.75. The SMILES string of the molecule is CCCC(=O)Nc1ccc(CN=C(NCC)NC(C)(C)C)cc1.I. The van der Waals surface area contributed by atoms with Crippen LogP contribution in [0.2, 0.25) is 0 Å². The molecule has 0 fully saturated rings. The van der Waals surface area contributed by atoms with E-state index < -0.39 is 0 Å². The maximum absolute atomic E-state index is 11.6. The lowest BCUT2D eigenvalue weighted by Gasteiger charge is -2.23. The van der Waals surface area contributed by atoms with Gasteiger partial charge in [-0.2, -0.15) is 0 Å². The fourth-order valence-corrected chi connectivity index (χ4v) is 1.98. The molecule has 1 aromatic carbocycles. The summed E-state index contributed by atoms with van der Waals surface area (Å²) in [7, 11) is 0. The first-order valence-corrected chi connectivity index (χ1v) is 8.29. The van der Waals surface area contributed by atoms with Gasteiger partial charge in [-0.05, 0) is 51.8 Å². The molecule has 0 aliphatic carbocycles. The molecule has 136 valence electrons. The van der Waals surface area contributed by atoms with Crippen LogP contribution in [0.25, 0.3) is 0 Å². The van der Waals surface area contributed by atoms with Gasteiger partial charge >= 0.3 is 0 Å². The Labute approximate surface area is 163 Å². The Morgan fingerprint density at radius 3 is 2.25 bits per heavy atom. The Balaban J connectivity index is 0.00000529. The first-order valence-electron chi connectivity index (χ1n) is 8.29. The third-order valence-corrected chi connectivity index (χ3v) is 2.97. The number of benzene rings is 1. The summed E-state index contributed by atoms with van der Waals surface area (Å²) in [5, 5.41) is 9.49. The first-order chi connectivity index (χ1) is 10.8. The van der Waals surface area contributed by atoms with E-state index in [-0.39, 0.29) is 35.4 Å². The molecule has 5 nitrogen and oxygen atoms in total. The van der Waals surface area contributed by atoms with E-state index in [1.165, 1.54) is 0 Å². The molecular formula is C18H31IN4O. The normalized spacial score (nSPS) is 11.5. The second-order valence-electron chi connectivity index (χ2n) is 6.57. The molecule has 0 aliphatic heterocycles. The Hall–Kier alpha value is -1.31. The van der Waals surface area contributed by atoms with Gasteiger partial charge in [0, 0.05) is 24.2 Å². The van der Waals surface area contributed by atoms with Crippen molar-refractivity contribution in [2.45, 2.75) is 59.5 Å². The molecule has 0 saturated carbocycles. The minimum atomic E-state index is -0.0333. The number of carbonyl (C=O) groups is 1. The van der Waals surface area contributed by atoms with Gasteiger partial charge in [0.2, 0.25) is 5.91 Å². The first kappa shape index (κ1) is 22.7. The van der Waals surface area contributed by atoms with E-state index in [4.69, 9.17) is 0 Å².